The van der Waals surface area contributed by atoms with Gasteiger partial charge in [-0.25, -0.2) is 13.1 Å². The van der Waals surface area contributed by atoms with Gasteiger partial charge in [0.1, 0.15) is 10.6 Å². The molecule has 1 amide bonds. The van der Waals surface area contributed by atoms with Crippen molar-refractivity contribution in [1.82, 2.24) is 9.62 Å². The summed E-state index contributed by atoms with van der Waals surface area (Å²) in [5.74, 6) is -0.0216. The number of methoxy groups -OCH3 is 1. The van der Waals surface area contributed by atoms with E-state index in [1.54, 1.807) is 18.0 Å². The zero-order chi connectivity index (χ0) is 18.9. The van der Waals surface area contributed by atoms with Crippen LogP contribution in [-0.2, 0) is 16.4 Å². The first-order chi connectivity index (χ1) is 12.4. The Morgan fingerprint density at radius 3 is 2.65 bits per heavy atom. The number of rotatable bonds is 5. The average molecular weight is 374 g/mol. The second-order valence-electron chi connectivity index (χ2n) is 6.24. The van der Waals surface area contributed by atoms with Crippen LogP contribution in [0.5, 0.6) is 5.75 Å². The Bertz CT molecular complexity index is 940. The molecule has 26 heavy (non-hydrogen) atoms. The summed E-state index contributed by atoms with van der Waals surface area (Å²) in [6.07, 6.45) is 1.79. The Morgan fingerprint density at radius 2 is 1.96 bits per heavy atom. The van der Waals surface area contributed by atoms with E-state index in [1.807, 2.05) is 18.2 Å². The lowest BCUT2D eigenvalue weighted by Crippen LogP contribution is -2.30. The van der Waals surface area contributed by atoms with Crippen LogP contribution in [0.1, 0.15) is 33.9 Å². The summed E-state index contributed by atoms with van der Waals surface area (Å²) >= 11 is 0. The van der Waals surface area contributed by atoms with E-state index in [0.717, 1.165) is 18.4 Å². The first-order valence-corrected chi connectivity index (χ1v) is 9.84. The van der Waals surface area contributed by atoms with Gasteiger partial charge in [0.05, 0.1) is 13.2 Å². The predicted molar refractivity (Wildman–Crippen MR) is 98.8 cm³/mol. The van der Waals surface area contributed by atoms with Crippen molar-refractivity contribution in [1.29, 1.82) is 0 Å². The van der Waals surface area contributed by atoms with E-state index in [0.29, 0.717) is 5.56 Å². The van der Waals surface area contributed by atoms with Crippen LogP contribution in [0.2, 0.25) is 0 Å². The van der Waals surface area contributed by atoms with Crippen molar-refractivity contribution in [3.8, 4) is 5.75 Å². The molecule has 1 N–H and O–H groups in total. The summed E-state index contributed by atoms with van der Waals surface area (Å²) in [4.78, 5) is 14.6. The lowest BCUT2D eigenvalue weighted by molar-refractivity contribution is 0.0730. The zero-order valence-electron chi connectivity index (χ0n) is 15.0. The molecule has 0 bridgehead atoms. The van der Waals surface area contributed by atoms with E-state index in [4.69, 9.17) is 4.74 Å². The molecule has 7 heteroatoms. The number of nitrogens with zero attached hydrogens (tertiary/aromatic N) is 1. The monoisotopic (exact) mass is 374 g/mol. The maximum atomic E-state index is 13.0. The number of ether oxygens (including phenoxy) is 1. The van der Waals surface area contributed by atoms with Gasteiger partial charge in [-0.3, -0.25) is 4.79 Å². The van der Waals surface area contributed by atoms with Crippen LogP contribution >= 0.6 is 0 Å². The van der Waals surface area contributed by atoms with Crippen LogP contribution in [0.4, 0.5) is 0 Å². The topological polar surface area (TPSA) is 75.7 Å². The van der Waals surface area contributed by atoms with Gasteiger partial charge in [0.15, 0.2) is 0 Å². The summed E-state index contributed by atoms with van der Waals surface area (Å²) in [7, 11) is 0.740. The number of aryl methyl sites for hydroxylation is 1. The highest BCUT2D eigenvalue weighted by Crippen LogP contribution is 2.36. The molecule has 1 unspecified atom stereocenters. The molecule has 0 heterocycles. The van der Waals surface area contributed by atoms with Crippen LogP contribution in [0.25, 0.3) is 0 Å². The molecule has 0 saturated heterocycles. The van der Waals surface area contributed by atoms with Crippen molar-refractivity contribution in [3.63, 3.8) is 0 Å². The third-order valence-corrected chi connectivity index (χ3v) is 6.29. The van der Waals surface area contributed by atoms with Gasteiger partial charge in [-0.05, 0) is 49.2 Å². The smallest absolute Gasteiger partial charge is 0.254 e. The molecule has 1 aliphatic rings. The van der Waals surface area contributed by atoms with E-state index in [9.17, 15) is 13.2 Å². The van der Waals surface area contributed by atoms with Crippen LogP contribution < -0.4 is 9.46 Å². The van der Waals surface area contributed by atoms with Gasteiger partial charge >= 0.3 is 0 Å². The van der Waals surface area contributed by atoms with Crippen LogP contribution in [0.15, 0.2) is 47.4 Å². The molecule has 0 saturated carbocycles. The van der Waals surface area contributed by atoms with E-state index in [-0.39, 0.29) is 22.6 Å². The number of hydrogen-bond acceptors (Lipinski definition) is 4. The van der Waals surface area contributed by atoms with Crippen molar-refractivity contribution < 1.29 is 17.9 Å². The van der Waals surface area contributed by atoms with Gasteiger partial charge < -0.3 is 9.64 Å². The van der Waals surface area contributed by atoms with Crippen LogP contribution in [0, 0.1) is 0 Å². The van der Waals surface area contributed by atoms with Crippen LogP contribution in [0.3, 0.4) is 0 Å². The van der Waals surface area contributed by atoms with Crippen molar-refractivity contribution >= 4 is 15.9 Å². The van der Waals surface area contributed by atoms with Crippen molar-refractivity contribution in [2.24, 2.45) is 0 Å². The number of hydrogen-bond donors (Lipinski definition) is 1. The molecular formula is C19H22N2O4S. The fourth-order valence-corrected chi connectivity index (χ4v) is 4.33. The number of benzene rings is 2. The summed E-state index contributed by atoms with van der Waals surface area (Å²) in [5, 5.41) is 0. The van der Waals surface area contributed by atoms with Gasteiger partial charge in [0, 0.05) is 12.6 Å². The summed E-state index contributed by atoms with van der Waals surface area (Å²) in [6, 6.07) is 12.6. The highest BCUT2D eigenvalue weighted by molar-refractivity contribution is 7.89. The number of nitrogens with one attached hydrogen (secondary N) is 1. The molecule has 2 aromatic carbocycles. The normalized spacial score (nSPS) is 16.2. The lowest BCUT2D eigenvalue weighted by atomic mass is 10.1. The third kappa shape index (κ3) is 3.20. The average Bonchev–Trinajstić information content (AvgIpc) is 3.10. The predicted octanol–water partition coefficient (Wildman–Crippen LogP) is 2.36. The van der Waals surface area contributed by atoms with Gasteiger partial charge in [0.2, 0.25) is 10.0 Å². The SMILES string of the molecule is CNS(=O)(=O)c1cc(C(=O)N(C)C2CCc3ccccc32)ccc1OC. The Balaban J connectivity index is 1.95. The number of fused-ring (bicyclic) bond motifs is 1. The van der Waals surface area contributed by atoms with Gasteiger partial charge in [-0.2, -0.15) is 0 Å². The highest BCUT2D eigenvalue weighted by atomic mass is 32.2. The highest BCUT2D eigenvalue weighted by Gasteiger charge is 2.29. The molecule has 1 aliphatic carbocycles. The Morgan fingerprint density at radius 1 is 1.23 bits per heavy atom. The molecule has 0 fully saturated rings. The standard InChI is InChI=1S/C19H22N2O4S/c1-20-26(23,24)18-12-14(9-11-17(18)25-3)19(22)21(2)16-10-8-13-6-4-5-7-15(13)16/h4-7,9,11-12,16,20H,8,10H2,1-3H3. The molecule has 0 aromatic heterocycles. The molecule has 0 radical (unpaired) electrons. The molecule has 0 spiro atoms. The zero-order valence-corrected chi connectivity index (χ0v) is 15.8. The molecule has 1 atom stereocenters. The third-order valence-electron chi connectivity index (χ3n) is 4.86. The molecule has 138 valence electrons. The molecule has 0 aliphatic heterocycles. The molecule has 3 rings (SSSR count). The van der Waals surface area contributed by atoms with E-state index in [1.165, 1.54) is 31.9 Å². The minimum absolute atomic E-state index is 0.00911. The molecular weight excluding hydrogens is 352 g/mol. The van der Waals surface area contributed by atoms with Crippen molar-refractivity contribution in [3.05, 3.63) is 59.2 Å². The lowest BCUT2D eigenvalue weighted by Gasteiger charge is -2.26. The Labute approximate surface area is 153 Å². The number of carbonyl (C=O) groups excluding carboxylic acids is 1. The van der Waals surface area contributed by atoms with E-state index >= 15 is 0 Å². The van der Waals surface area contributed by atoms with Gasteiger partial charge in [0.25, 0.3) is 5.91 Å². The summed E-state index contributed by atoms with van der Waals surface area (Å²) < 4.78 is 31.9. The van der Waals surface area contributed by atoms with Crippen LogP contribution in [-0.4, -0.2) is 40.4 Å². The second kappa shape index (κ2) is 7.09. The maximum absolute atomic E-state index is 13.0. The van der Waals surface area contributed by atoms with Crippen molar-refractivity contribution in [2.45, 2.75) is 23.8 Å². The van der Waals surface area contributed by atoms with Gasteiger partial charge in [-0.1, -0.05) is 24.3 Å². The van der Waals surface area contributed by atoms with Gasteiger partial charge in [-0.15, -0.1) is 0 Å². The Hall–Kier alpha value is -2.38. The largest absolute Gasteiger partial charge is 0.495 e. The number of sulfonamides is 1. The molecule has 6 nitrogen and oxygen atoms in total. The first kappa shape index (κ1) is 18.4. The number of amides is 1. The minimum Gasteiger partial charge on any atom is -0.495 e. The van der Waals surface area contributed by atoms with E-state index < -0.39 is 10.0 Å². The fourth-order valence-electron chi connectivity index (χ4n) is 3.41. The summed E-state index contributed by atoms with van der Waals surface area (Å²) in [6.45, 7) is 0. The number of carbonyl (C=O) groups is 1. The van der Waals surface area contributed by atoms with E-state index in [2.05, 4.69) is 10.8 Å². The quantitative estimate of drug-likeness (QED) is 0.872. The first-order valence-electron chi connectivity index (χ1n) is 8.35. The second-order valence-corrected chi connectivity index (χ2v) is 8.10. The Kier molecular flexibility index (Phi) is 5.02. The minimum atomic E-state index is -3.74. The maximum Gasteiger partial charge on any atom is 0.254 e. The fraction of sp³-hybridized carbons (Fsp3) is 0.316. The summed E-state index contributed by atoms with van der Waals surface area (Å²) in [5.41, 5.74) is 2.72. The van der Waals surface area contributed by atoms with Crippen molar-refractivity contribution in [2.75, 3.05) is 21.2 Å². The molecule has 2 aromatic rings.